The Morgan fingerprint density at radius 3 is 0.822 bits per heavy atom. The lowest BCUT2D eigenvalue weighted by atomic mass is 9.96. The zero-order chi connectivity index (χ0) is 48.5. The number of hydrogen-bond donors (Lipinski definition) is 0. The van der Waals surface area contributed by atoms with E-state index in [-0.39, 0.29) is 0 Å². The normalized spacial score (nSPS) is 11.3. The highest BCUT2D eigenvalue weighted by Crippen LogP contribution is 2.36. The molecule has 0 saturated carbocycles. The fourth-order valence-corrected chi connectivity index (χ4v) is 10.1. The van der Waals surface area contributed by atoms with Gasteiger partial charge in [0, 0.05) is 33.2 Å². The van der Waals surface area contributed by atoms with Gasteiger partial charge in [-0.2, -0.15) is 0 Å². The van der Waals surface area contributed by atoms with Gasteiger partial charge in [0.25, 0.3) is 0 Å². The summed E-state index contributed by atoms with van der Waals surface area (Å²) in [5.74, 6) is 1.84. The maximum atomic E-state index is 5.18. The average Bonchev–Trinajstić information content (AvgIpc) is 3.82. The number of aromatic nitrogens is 4. The van der Waals surface area contributed by atoms with Crippen LogP contribution in [0.2, 0.25) is 0 Å². The molecule has 11 aromatic carbocycles. The fourth-order valence-electron chi connectivity index (χ4n) is 10.1. The van der Waals surface area contributed by atoms with E-state index in [1.165, 1.54) is 55.2 Å². The Morgan fingerprint density at radius 1 is 0.192 bits per heavy atom. The Bertz CT molecular complexity index is 4050. The first-order chi connectivity index (χ1) is 36.1. The minimum Gasteiger partial charge on any atom is -0.309 e. The molecule has 0 saturated heterocycles. The van der Waals surface area contributed by atoms with Gasteiger partial charge in [0.1, 0.15) is 0 Å². The van der Waals surface area contributed by atoms with Crippen LogP contribution in [-0.2, 0) is 0 Å². The van der Waals surface area contributed by atoms with E-state index in [2.05, 4.69) is 284 Å². The molecular formula is C69H46N4. The molecule has 0 amide bonds. The summed E-state index contributed by atoms with van der Waals surface area (Å²) in [6, 6.07) is 99.0. The van der Waals surface area contributed by atoms with E-state index in [0.717, 1.165) is 55.8 Å². The molecule has 0 radical (unpaired) electrons. The number of rotatable bonds is 10. The number of para-hydroxylation sites is 2. The Balaban J connectivity index is 0.842. The first-order valence-electron chi connectivity index (χ1n) is 24.7. The summed E-state index contributed by atoms with van der Waals surface area (Å²) in [6.45, 7) is 0. The summed E-state index contributed by atoms with van der Waals surface area (Å²) < 4.78 is 2.36. The highest BCUT2D eigenvalue weighted by atomic mass is 15.0. The van der Waals surface area contributed by atoms with Crippen molar-refractivity contribution in [1.82, 2.24) is 19.5 Å². The van der Waals surface area contributed by atoms with Crippen LogP contribution in [0.3, 0.4) is 0 Å². The van der Waals surface area contributed by atoms with Crippen molar-refractivity contribution in [3.05, 3.63) is 279 Å². The summed E-state index contributed by atoms with van der Waals surface area (Å²) in [7, 11) is 0. The molecule has 0 atom stereocenters. The smallest absolute Gasteiger partial charge is 0.164 e. The van der Waals surface area contributed by atoms with Crippen LogP contribution in [0, 0.1) is 0 Å². The highest BCUT2D eigenvalue weighted by molar-refractivity contribution is 6.09. The molecule has 73 heavy (non-hydrogen) atoms. The van der Waals surface area contributed by atoms with Crippen LogP contribution in [-0.4, -0.2) is 19.5 Å². The van der Waals surface area contributed by atoms with Crippen LogP contribution in [0.4, 0.5) is 0 Å². The first kappa shape index (κ1) is 43.3. The van der Waals surface area contributed by atoms with Crippen molar-refractivity contribution in [2.24, 2.45) is 0 Å². The van der Waals surface area contributed by atoms with Crippen molar-refractivity contribution in [1.29, 1.82) is 0 Å². The lowest BCUT2D eigenvalue weighted by Gasteiger charge is -2.12. The molecule has 0 aliphatic rings. The number of nitrogens with zero attached hydrogens (tertiary/aromatic N) is 4. The molecule has 0 N–H and O–H groups in total. The summed E-state index contributed by atoms with van der Waals surface area (Å²) in [5.41, 5.74) is 20.1. The zero-order valence-corrected chi connectivity index (χ0v) is 39.8. The monoisotopic (exact) mass is 930 g/mol. The summed E-state index contributed by atoms with van der Waals surface area (Å²) >= 11 is 0. The Kier molecular flexibility index (Phi) is 11.2. The average molecular weight is 931 g/mol. The molecule has 2 heterocycles. The second-order valence-electron chi connectivity index (χ2n) is 18.4. The standard InChI is InChI=1S/C69H46N4/c1-3-15-47(16-4-1)55-19-11-21-57(43-55)49-31-37-52(38-32-49)67-70-68(53-39-33-50(34-40-53)58-22-13-24-60(45-58)59-23-12-20-56(44-59)48-17-5-2-6-18-48)72-69(71-67)54-41-35-51(36-42-54)61-25-14-26-62(46-61)73-65-29-9-7-27-63(65)64-28-8-10-30-66(64)73/h1-46H. The van der Waals surface area contributed by atoms with Crippen LogP contribution in [0.5, 0.6) is 0 Å². The second kappa shape index (κ2) is 18.9. The van der Waals surface area contributed by atoms with Crippen LogP contribution in [0.1, 0.15) is 0 Å². The molecule has 0 aliphatic heterocycles. The van der Waals surface area contributed by atoms with E-state index < -0.39 is 0 Å². The third-order valence-electron chi connectivity index (χ3n) is 13.9. The van der Waals surface area contributed by atoms with Crippen LogP contribution in [0.15, 0.2) is 279 Å². The molecular weight excluding hydrogens is 885 g/mol. The Morgan fingerprint density at radius 2 is 0.452 bits per heavy atom. The molecule has 0 spiro atoms. The first-order valence-corrected chi connectivity index (χ1v) is 24.7. The lowest BCUT2D eigenvalue weighted by molar-refractivity contribution is 1.07. The Hall–Kier alpha value is -9.77. The van der Waals surface area contributed by atoms with E-state index in [1.807, 2.05) is 0 Å². The topological polar surface area (TPSA) is 43.6 Å². The summed E-state index contributed by atoms with van der Waals surface area (Å²) in [6.07, 6.45) is 0. The van der Waals surface area contributed by atoms with Crippen molar-refractivity contribution in [3.63, 3.8) is 0 Å². The lowest BCUT2D eigenvalue weighted by Crippen LogP contribution is -2.00. The zero-order valence-electron chi connectivity index (χ0n) is 39.8. The fraction of sp³-hybridized carbons (Fsp3) is 0. The van der Waals surface area contributed by atoms with Crippen molar-refractivity contribution < 1.29 is 0 Å². The van der Waals surface area contributed by atoms with Gasteiger partial charge >= 0.3 is 0 Å². The summed E-state index contributed by atoms with van der Waals surface area (Å²) in [4.78, 5) is 15.5. The van der Waals surface area contributed by atoms with Gasteiger partial charge in [-0.25, -0.2) is 15.0 Å². The third kappa shape index (κ3) is 8.58. The number of benzene rings is 11. The predicted molar refractivity (Wildman–Crippen MR) is 303 cm³/mol. The molecule has 0 aliphatic carbocycles. The van der Waals surface area contributed by atoms with E-state index >= 15 is 0 Å². The van der Waals surface area contributed by atoms with Gasteiger partial charge < -0.3 is 4.57 Å². The van der Waals surface area contributed by atoms with Gasteiger partial charge in [-0.1, -0.05) is 237 Å². The largest absolute Gasteiger partial charge is 0.309 e. The van der Waals surface area contributed by atoms with E-state index in [0.29, 0.717) is 17.5 Å². The SMILES string of the molecule is c1ccc(-c2cccc(-c3ccc(-c4nc(-c5ccc(-c6cccc(-c7cccc(-c8ccccc8)c7)c6)cc5)nc(-c5ccc(-c6cccc(-n7c8ccccc8c8ccccc87)c6)cc5)n4)cc3)c2)cc1. The van der Waals surface area contributed by atoms with Gasteiger partial charge in [-0.15, -0.1) is 0 Å². The van der Waals surface area contributed by atoms with Crippen LogP contribution >= 0.6 is 0 Å². The van der Waals surface area contributed by atoms with Gasteiger partial charge in [0.15, 0.2) is 17.5 Å². The highest BCUT2D eigenvalue weighted by Gasteiger charge is 2.16. The molecule has 13 aromatic rings. The van der Waals surface area contributed by atoms with E-state index in [1.54, 1.807) is 0 Å². The molecule has 0 bridgehead atoms. The van der Waals surface area contributed by atoms with Gasteiger partial charge in [-0.05, 0) is 109 Å². The van der Waals surface area contributed by atoms with E-state index in [4.69, 9.17) is 15.0 Å². The minimum absolute atomic E-state index is 0.611. The molecule has 342 valence electrons. The van der Waals surface area contributed by atoms with E-state index in [9.17, 15) is 0 Å². The van der Waals surface area contributed by atoms with Crippen LogP contribution in [0.25, 0.3) is 128 Å². The quantitative estimate of drug-likeness (QED) is 0.137. The molecule has 0 fully saturated rings. The van der Waals surface area contributed by atoms with Gasteiger partial charge in [-0.3, -0.25) is 0 Å². The second-order valence-corrected chi connectivity index (χ2v) is 18.4. The summed E-state index contributed by atoms with van der Waals surface area (Å²) in [5, 5.41) is 2.49. The van der Waals surface area contributed by atoms with Gasteiger partial charge in [0.2, 0.25) is 0 Å². The van der Waals surface area contributed by atoms with Crippen LogP contribution < -0.4 is 0 Å². The Labute approximate surface area is 424 Å². The van der Waals surface area contributed by atoms with Crippen molar-refractivity contribution in [2.45, 2.75) is 0 Å². The molecule has 4 heteroatoms. The predicted octanol–water partition coefficient (Wildman–Crippen LogP) is 18.0. The maximum absolute atomic E-state index is 5.18. The number of hydrogen-bond acceptors (Lipinski definition) is 3. The van der Waals surface area contributed by atoms with Gasteiger partial charge in [0.05, 0.1) is 11.0 Å². The molecule has 4 nitrogen and oxygen atoms in total. The number of fused-ring (bicyclic) bond motifs is 3. The maximum Gasteiger partial charge on any atom is 0.164 e. The molecule has 0 unspecified atom stereocenters. The minimum atomic E-state index is 0.611. The molecule has 2 aromatic heterocycles. The van der Waals surface area contributed by atoms with Crippen molar-refractivity contribution in [2.75, 3.05) is 0 Å². The van der Waals surface area contributed by atoms with Crippen molar-refractivity contribution in [3.8, 4) is 107 Å². The third-order valence-corrected chi connectivity index (χ3v) is 13.9. The van der Waals surface area contributed by atoms with Crippen molar-refractivity contribution >= 4 is 21.8 Å². The molecule has 13 rings (SSSR count).